The maximum Gasteiger partial charge on any atom is 0.112 e. The van der Waals surface area contributed by atoms with Gasteiger partial charge in [0.1, 0.15) is 23.2 Å². The van der Waals surface area contributed by atoms with Gasteiger partial charge in [0.2, 0.25) is 0 Å². The van der Waals surface area contributed by atoms with E-state index in [-0.39, 0.29) is 17.2 Å². The minimum absolute atomic E-state index is 0.197. The van der Waals surface area contributed by atoms with Crippen molar-refractivity contribution in [3.05, 3.63) is 91.0 Å². The molecule has 0 aromatic heterocycles. The lowest BCUT2D eigenvalue weighted by atomic mass is 9.80. The third kappa shape index (κ3) is 5.92. The molecule has 1 N–H and O–H groups in total. The monoisotopic (exact) mass is 504 g/mol. The van der Waals surface area contributed by atoms with Crippen LogP contribution >= 0.6 is 7.26 Å². The molecule has 1 heterocycles. The lowest BCUT2D eigenvalue weighted by molar-refractivity contribution is -0.261. The summed E-state index contributed by atoms with van der Waals surface area (Å²) in [6.45, 7) is 9.19. The molecule has 0 radical (unpaired) electrons. The lowest BCUT2D eigenvalue weighted by Crippen LogP contribution is -2.60. The fourth-order valence-corrected chi connectivity index (χ4v) is 10.5. The van der Waals surface area contributed by atoms with Gasteiger partial charge in [0.15, 0.2) is 0 Å². The number of piperidine rings is 1. The molecule has 4 rings (SSSR count). The van der Waals surface area contributed by atoms with E-state index in [2.05, 4.69) is 119 Å². The second kappa shape index (κ2) is 11.6. The number of rotatable bonds is 10. The molecule has 1 saturated heterocycles. The summed E-state index contributed by atoms with van der Waals surface area (Å²) in [4.78, 5) is 0. The number of hydroxylamine groups is 2. The van der Waals surface area contributed by atoms with Gasteiger partial charge in [0, 0.05) is 17.7 Å². The molecular formula is C32H43NO2P+. The summed E-state index contributed by atoms with van der Waals surface area (Å²) in [5.41, 5.74) is -0.533. The van der Waals surface area contributed by atoms with Crippen LogP contribution in [0.4, 0.5) is 0 Å². The number of unbranched alkanes of at least 4 members (excludes halogenated alkanes) is 2. The van der Waals surface area contributed by atoms with Gasteiger partial charge in [-0.2, -0.15) is 5.06 Å². The molecule has 1 fully saturated rings. The highest BCUT2D eigenvalue weighted by Crippen LogP contribution is 2.56. The average molecular weight is 505 g/mol. The highest BCUT2D eigenvalue weighted by Gasteiger charge is 2.46. The first-order chi connectivity index (χ1) is 17.3. The first-order valence-corrected chi connectivity index (χ1v) is 15.4. The zero-order chi connectivity index (χ0) is 25.7. The predicted molar refractivity (Wildman–Crippen MR) is 155 cm³/mol. The SMILES string of the molecule is CC1(C)CC(OCCCCC[P+](c2ccccc2)(c2ccccc2)c2ccccc2)CC(C)(C)N1O. The van der Waals surface area contributed by atoms with Gasteiger partial charge in [-0.25, -0.2) is 0 Å². The Morgan fingerprint density at radius 3 is 1.53 bits per heavy atom. The second-order valence-corrected chi connectivity index (χ2v) is 15.1. The summed E-state index contributed by atoms with van der Waals surface area (Å²) in [6, 6.07) is 33.4. The Morgan fingerprint density at radius 2 is 1.11 bits per heavy atom. The van der Waals surface area contributed by atoms with E-state index in [1.54, 1.807) is 0 Å². The van der Waals surface area contributed by atoms with Crippen LogP contribution in [0, 0.1) is 0 Å². The molecule has 0 spiro atoms. The van der Waals surface area contributed by atoms with E-state index in [4.69, 9.17) is 4.74 Å². The van der Waals surface area contributed by atoms with E-state index >= 15 is 0 Å². The van der Waals surface area contributed by atoms with E-state index in [1.807, 2.05) is 0 Å². The molecule has 192 valence electrons. The van der Waals surface area contributed by atoms with Crippen molar-refractivity contribution in [3.63, 3.8) is 0 Å². The Balaban J connectivity index is 1.44. The van der Waals surface area contributed by atoms with Crippen molar-refractivity contribution in [3.8, 4) is 0 Å². The highest BCUT2D eigenvalue weighted by molar-refractivity contribution is 7.95. The molecule has 0 atom stereocenters. The minimum atomic E-state index is -1.74. The Kier molecular flexibility index (Phi) is 8.68. The lowest BCUT2D eigenvalue weighted by Gasteiger charge is -2.51. The van der Waals surface area contributed by atoms with Gasteiger partial charge in [0.05, 0.1) is 12.3 Å². The first-order valence-electron chi connectivity index (χ1n) is 13.4. The van der Waals surface area contributed by atoms with Crippen molar-refractivity contribution in [2.24, 2.45) is 0 Å². The Bertz CT molecular complexity index is 954. The topological polar surface area (TPSA) is 32.7 Å². The first kappa shape index (κ1) is 27.0. The highest BCUT2D eigenvalue weighted by atomic mass is 31.2. The molecule has 3 aromatic rings. The normalized spacial score (nSPS) is 18.2. The molecule has 3 aromatic carbocycles. The average Bonchev–Trinajstić information content (AvgIpc) is 2.88. The molecule has 3 nitrogen and oxygen atoms in total. The van der Waals surface area contributed by atoms with E-state index in [0.717, 1.165) is 38.5 Å². The Labute approximate surface area is 218 Å². The zero-order valence-electron chi connectivity index (χ0n) is 22.4. The van der Waals surface area contributed by atoms with Crippen molar-refractivity contribution in [2.75, 3.05) is 12.8 Å². The summed E-state index contributed by atoms with van der Waals surface area (Å²) in [6.07, 6.45) is 6.46. The molecule has 0 aliphatic carbocycles. The predicted octanol–water partition coefficient (Wildman–Crippen LogP) is 6.58. The van der Waals surface area contributed by atoms with Crippen molar-refractivity contribution in [1.82, 2.24) is 5.06 Å². The fraction of sp³-hybridized carbons (Fsp3) is 0.438. The van der Waals surface area contributed by atoms with E-state index in [1.165, 1.54) is 27.4 Å². The molecule has 0 saturated carbocycles. The molecule has 0 amide bonds. The number of hydrogen-bond acceptors (Lipinski definition) is 3. The van der Waals surface area contributed by atoms with Gasteiger partial charge in [-0.3, -0.25) is 0 Å². The fourth-order valence-electron chi connectivity index (χ4n) is 6.06. The summed E-state index contributed by atoms with van der Waals surface area (Å²) < 4.78 is 6.36. The van der Waals surface area contributed by atoms with Gasteiger partial charge in [-0.1, -0.05) is 54.6 Å². The summed E-state index contributed by atoms with van der Waals surface area (Å²) in [7, 11) is -1.74. The molecule has 0 unspecified atom stereocenters. The largest absolute Gasteiger partial charge is 0.378 e. The van der Waals surface area contributed by atoms with Crippen LogP contribution in [-0.2, 0) is 4.74 Å². The quantitative estimate of drug-likeness (QED) is 0.250. The van der Waals surface area contributed by atoms with E-state index in [9.17, 15) is 5.21 Å². The second-order valence-electron chi connectivity index (χ2n) is 11.4. The molecule has 1 aliphatic rings. The summed E-state index contributed by atoms with van der Waals surface area (Å²) in [5, 5.41) is 16.5. The maximum absolute atomic E-state index is 10.6. The van der Waals surface area contributed by atoms with E-state index in [0.29, 0.717) is 0 Å². The van der Waals surface area contributed by atoms with Crippen LogP contribution in [0.5, 0.6) is 0 Å². The maximum atomic E-state index is 10.6. The van der Waals surface area contributed by atoms with Crippen molar-refractivity contribution < 1.29 is 9.94 Å². The number of nitrogens with zero attached hydrogens (tertiary/aromatic N) is 1. The van der Waals surface area contributed by atoms with E-state index < -0.39 is 7.26 Å². The Morgan fingerprint density at radius 1 is 0.694 bits per heavy atom. The molecule has 36 heavy (non-hydrogen) atoms. The third-order valence-electron chi connectivity index (χ3n) is 7.68. The van der Waals surface area contributed by atoms with Crippen molar-refractivity contribution in [1.29, 1.82) is 0 Å². The van der Waals surface area contributed by atoms with Crippen molar-refractivity contribution >= 4 is 23.2 Å². The number of ether oxygens (including phenoxy) is 1. The molecule has 1 aliphatic heterocycles. The molecule has 4 heteroatoms. The molecular weight excluding hydrogens is 461 g/mol. The van der Waals surface area contributed by atoms with Gasteiger partial charge >= 0.3 is 0 Å². The van der Waals surface area contributed by atoms with Crippen LogP contribution in [0.1, 0.15) is 59.8 Å². The zero-order valence-corrected chi connectivity index (χ0v) is 23.3. The van der Waals surface area contributed by atoms with Gasteiger partial charge in [-0.15, -0.1) is 0 Å². The van der Waals surface area contributed by atoms with Gasteiger partial charge < -0.3 is 9.94 Å². The van der Waals surface area contributed by atoms with Crippen LogP contribution in [0.2, 0.25) is 0 Å². The Hall–Kier alpha value is -2.03. The van der Waals surface area contributed by atoms with Crippen molar-refractivity contribution in [2.45, 2.75) is 77.0 Å². The van der Waals surface area contributed by atoms with Gasteiger partial charge in [0.25, 0.3) is 0 Å². The minimum Gasteiger partial charge on any atom is -0.378 e. The van der Waals surface area contributed by atoms with Crippen LogP contribution in [0.3, 0.4) is 0 Å². The van der Waals surface area contributed by atoms with Crippen LogP contribution < -0.4 is 15.9 Å². The summed E-state index contributed by atoms with van der Waals surface area (Å²) in [5.74, 6) is 0. The third-order valence-corrected chi connectivity index (χ3v) is 12.2. The molecule has 0 bridgehead atoms. The summed E-state index contributed by atoms with van der Waals surface area (Å²) >= 11 is 0. The van der Waals surface area contributed by atoms with Crippen LogP contribution in [0.15, 0.2) is 91.0 Å². The van der Waals surface area contributed by atoms with Crippen LogP contribution in [-0.4, -0.2) is 40.2 Å². The number of benzene rings is 3. The van der Waals surface area contributed by atoms with Crippen LogP contribution in [0.25, 0.3) is 0 Å². The smallest absolute Gasteiger partial charge is 0.112 e. The van der Waals surface area contributed by atoms with Gasteiger partial charge in [-0.05, 0) is 96.2 Å². The number of hydrogen-bond donors (Lipinski definition) is 1. The standard InChI is InChI=1S/C32H43NO2P/c1-31(2)25-27(26-32(3,4)33(31)34)35-23-15-8-16-24-36(28-17-9-5-10-18-28,29-19-11-6-12-20-29)30-21-13-7-14-22-30/h5-7,9-14,17-22,27,34H,8,15-16,23-26H2,1-4H3/q+1.